The number of halogens is 5. The second kappa shape index (κ2) is 9.70. The number of aromatic nitrogens is 1. The number of aliphatic imine (C=N–C) groups is 1. The lowest BCUT2D eigenvalue weighted by Gasteiger charge is -2.36. The number of rotatable bonds is 4. The number of nitrogens with one attached hydrogen (secondary N) is 2. The molecule has 1 aromatic carbocycles. The molecule has 33 heavy (non-hydrogen) atoms. The summed E-state index contributed by atoms with van der Waals surface area (Å²) < 4.78 is 67.5. The van der Waals surface area contributed by atoms with E-state index in [0.29, 0.717) is 11.3 Å². The molecule has 1 atom stereocenters. The van der Waals surface area contributed by atoms with Crippen molar-refractivity contribution in [2.45, 2.75) is 12.2 Å². The molecule has 0 bridgehead atoms. The summed E-state index contributed by atoms with van der Waals surface area (Å²) in [5.41, 5.74) is 10.6. The predicted octanol–water partition coefficient (Wildman–Crippen LogP) is 2.06. The van der Waals surface area contributed by atoms with Crippen LogP contribution in [0.1, 0.15) is 10.5 Å². The highest BCUT2D eigenvalue weighted by atomic mass is 32.1. The van der Waals surface area contributed by atoms with Crippen LogP contribution in [0, 0.1) is 11.6 Å². The molecule has 1 saturated heterocycles. The van der Waals surface area contributed by atoms with Gasteiger partial charge in [-0.15, -0.1) is 0 Å². The molecule has 14 heteroatoms. The molecule has 1 unspecified atom stereocenters. The van der Waals surface area contributed by atoms with Crippen molar-refractivity contribution in [2.75, 3.05) is 32.4 Å². The van der Waals surface area contributed by atoms with Gasteiger partial charge in [-0.3, -0.25) is 9.79 Å². The number of alkyl halides is 3. The fraction of sp³-hybridized carbons (Fsp3) is 0.316. The van der Waals surface area contributed by atoms with E-state index in [1.54, 1.807) is 0 Å². The van der Waals surface area contributed by atoms with Gasteiger partial charge in [-0.05, 0) is 12.1 Å². The van der Waals surface area contributed by atoms with Crippen LogP contribution in [-0.2, 0) is 0 Å². The summed E-state index contributed by atoms with van der Waals surface area (Å²) in [6.07, 6.45) is -3.49. The van der Waals surface area contributed by atoms with Crippen LogP contribution in [0.5, 0.6) is 0 Å². The highest BCUT2D eigenvalue weighted by molar-refractivity contribution is 7.19. The van der Waals surface area contributed by atoms with Gasteiger partial charge in [0.2, 0.25) is 0 Å². The Kier molecular flexibility index (Phi) is 7.17. The van der Waals surface area contributed by atoms with Gasteiger partial charge in [0.25, 0.3) is 5.91 Å². The van der Waals surface area contributed by atoms with Crippen LogP contribution in [-0.4, -0.2) is 60.5 Å². The summed E-state index contributed by atoms with van der Waals surface area (Å²) in [4.78, 5) is 22.0. The summed E-state index contributed by atoms with van der Waals surface area (Å²) in [6.45, 7) is -0.230. The molecule has 1 aliphatic heterocycles. The molecule has 3 rings (SSSR count). The van der Waals surface area contributed by atoms with Crippen LogP contribution in [0.4, 0.5) is 27.0 Å². The zero-order chi connectivity index (χ0) is 24.3. The van der Waals surface area contributed by atoms with Crippen LogP contribution < -0.4 is 22.1 Å². The van der Waals surface area contributed by atoms with Crippen molar-refractivity contribution in [3.63, 3.8) is 0 Å². The monoisotopic (exact) mass is 489 g/mol. The summed E-state index contributed by atoms with van der Waals surface area (Å²) in [5, 5.41) is 4.54. The Balaban J connectivity index is 1.82. The number of carbonyl (C=O) groups is 1. The first kappa shape index (κ1) is 24.4. The number of piperazine rings is 1. The second-order valence-corrected chi connectivity index (χ2v) is 7.94. The van der Waals surface area contributed by atoms with Crippen molar-refractivity contribution in [2.24, 2.45) is 10.7 Å². The number of hydrogen-bond donors (Lipinski definition) is 4. The van der Waals surface area contributed by atoms with E-state index in [-0.39, 0.29) is 40.3 Å². The number of amides is 1. The molecule has 1 aromatic heterocycles. The average Bonchev–Trinajstić information content (AvgIpc) is 3.14. The maximum atomic E-state index is 14.1. The van der Waals surface area contributed by atoms with E-state index in [0.717, 1.165) is 18.3 Å². The lowest BCUT2D eigenvalue weighted by molar-refractivity contribution is -0.161. The van der Waals surface area contributed by atoms with Gasteiger partial charge < -0.3 is 27.0 Å². The number of amidine groups is 1. The van der Waals surface area contributed by atoms with E-state index in [9.17, 15) is 26.7 Å². The molecular formula is C19H20F5N7OS. The van der Waals surface area contributed by atoms with Crippen LogP contribution in [0.3, 0.4) is 0 Å². The van der Waals surface area contributed by atoms with E-state index in [1.807, 2.05) is 0 Å². The van der Waals surface area contributed by atoms with Crippen molar-refractivity contribution in [3.05, 3.63) is 47.4 Å². The number of benzene rings is 1. The minimum Gasteiger partial charge on any atom is -0.403 e. The lowest BCUT2D eigenvalue weighted by atomic mass is 10.2. The lowest BCUT2D eigenvalue weighted by Crippen LogP contribution is -2.59. The predicted molar refractivity (Wildman–Crippen MR) is 114 cm³/mol. The Labute approximate surface area is 189 Å². The maximum Gasteiger partial charge on any atom is 0.405 e. The summed E-state index contributed by atoms with van der Waals surface area (Å²) in [7, 11) is 1.34. The number of thiazole rings is 1. The zero-order valence-corrected chi connectivity index (χ0v) is 18.0. The van der Waals surface area contributed by atoms with E-state index >= 15 is 0 Å². The van der Waals surface area contributed by atoms with Crippen LogP contribution in [0.2, 0.25) is 0 Å². The minimum absolute atomic E-state index is 0.0239. The van der Waals surface area contributed by atoms with Gasteiger partial charge in [0.05, 0.1) is 11.3 Å². The molecule has 1 amide bonds. The molecule has 0 spiro atoms. The Hall–Kier alpha value is -3.26. The molecule has 6 N–H and O–H groups in total. The Bertz CT molecular complexity index is 1080. The van der Waals surface area contributed by atoms with Gasteiger partial charge in [-0.2, -0.15) is 13.2 Å². The van der Waals surface area contributed by atoms with Gasteiger partial charge in [0.15, 0.2) is 5.69 Å². The quantitative estimate of drug-likeness (QED) is 0.296. The average molecular weight is 489 g/mol. The summed E-state index contributed by atoms with van der Waals surface area (Å²) >= 11 is 0.705. The van der Waals surface area contributed by atoms with Gasteiger partial charge in [-0.25, -0.2) is 13.8 Å². The van der Waals surface area contributed by atoms with Crippen molar-refractivity contribution >= 4 is 28.1 Å². The zero-order valence-electron chi connectivity index (χ0n) is 17.2. The van der Waals surface area contributed by atoms with Crippen LogP contribution in [0.25, 0.3) is 10.6 Å². The highest BCUT2D eigenvalue weighted by Crippen LogP contribution is 2.33. The first-order valence-electron chi connectivity index (χ1n) is 9.53. The highest BCUT2D eigenvalue weighted by Gasteiger charge is 2.42. The molecule has 8 nitrogen and oxygen atoms in total. The second-order valence-electron chi connectivity index (χ2n) is 6.90. The third-order valence-electron chi connectivity index (χ3n) is 4.78. The Morgan fingerprint density at radius 3 is 2.61 bits per heavy atom. The van der Waals surface area contributed by atoms with E-state index in [1.165, 1.54) is 18.0 Å². The Morgan fingerprint density at radius 2 is 2.03 bits per heavy atom. The fourth-order valence-corrected chi connectivity index (χ4v) is 4.13. The summed E-state index contributed by atoms with van der Waals surface area (Å²) in [6, 6.07) is 1.47. The van der Waals surface area contributed by atoms with Crippen molar-refractivity contribution in [1.82, 2.24) is 20.5 Å². The molecule has 1 aliphatic rings. The molecule has 2 heterocycles. The number of anilines is 1. The number of nitrogens with zero attached hydrogens (tertiary/aromatic N) is 3. The molecule has 1 fully saturated rings. The maximum absolute atomic E-state index is 14.1. The third kappa shape index (κ3) is 5.22. The standard InChI is InChI=1S/C19H20F5N7OS/c1-27-16(31-6-5-28-12(8-31)19(22,23)24)11(7-25)29-17(32)14-15(26)33-18(30-14)13-9(20)3-2-4-10(13)21/h2-4,7,12,28H,5-6,8,25-26H2,1H3,(H,29,32). The van der Waals surface area contributed by atoms with Gasteiger partial charge in [-0.1, -0.05) is 17.4 Å². The Morgan fingerprint density at radius 1 is 1.36 bits per heavy atom. The van der Waals surface area contributed by atoms with Gasteiger partial charge in [0, 0.05) is 32.9 Å². The minimum atomic E-state index is -4.47. The SMILES string of the molecule is CN=C(C(=CN)NC(=O)c1nc(-c2c(F)cccc2F)sc1N)N1CCNC(C(F)(F)F)C1. The van der Waals surface area contributed by atoms with Crippen LogP contribution in [0.15, 0.2) is 35.1 Å². The largest absolute Gasteiger partial charge is 0.405 e. The third-order valence-corrected chi connectivity index (χ3v) is 5.68. The molecule has 0 aliphatic carbocycles. The number of nitrogens with two attached hydrogens (primary N) is 2. The molecule has 2 aromatic rings. The van der Waals surface area contributed by atoms with Crippen molar-refractivity contribution < 1.29 is 26.7 Å². The number of hydrogen-bond acceptors (Lipinski definition) is 7. The molecule has 0 saturated carbocycles. The number of carbonyl (C=O) groups excluding carboxylic acids is 1. The first-order valence-corrected chi connectivity index (χ1v) is 10.3. The summed E-state index contributed by atoms with van der Waals surface area (Å²) in [5.74, 6) is -2.60. The van der Waals surface area contributed by atoms with Gasteiger partial charge >= 0.3 is 6.18 Å². The van der Waals surface area contributed by atoms with Gasteiger partial charge in [0.1, 0.15) is 33.5 Å². The number of nitrogen functional groups attached to an aromatic ring is 1. The normalized spacial score (nSPS) is 17.9. The molecular weight excluding hydrogens is 469 g/mol. The van der Waals surface area contributed by atoms with Crippen molar-refractivity contribution in [3.8, 4) is 10.6 Å². The van der Waals surface area contributed by atoms with Crippen molar-refractivity contribution in [1.29, 1.82) is 0 Å². The van der Waals surface area contributed by atoms with E-state index in [2.05, 4.69) is 20.6 Å². The smallest absolute Gasteiger partial charge is 0.403 e. The first-order chi connectivity index (χ1) is 15.6. The topological polar surface area (TPSA) is 122 Å². The fourth-order valence-electron chi connectivity index (χ4n) is 3.25. The van der Waals surface area contributed by atoms with Crippen LogP contribution >= 0.6 is 11.3 Å². The van der Waals surface area contributed by atoms with E-state index in [4.69, 9.17) is 11.5 Å². The molecule has 0 radical (unpaired) electrons. The van der Waals surface area contributed by atoms with E-state index < -0.39 is 41.9 Å². The molecule has 178 valence electrons.